The molecule has 2 amide bonds. The molecule has 0 saturated heterocycles. The molecule has 0 saturated carbocycles. The second-order valence-electron chi connectivity index (χ2n) is 10.3. The van der Waals surface area contributed by atoms with Crippen molar-refractivity contribution >= 4 is 35.9 Å². The second-order valence-corrected chi connectivity index (χ2v) is 10.3. The number of amides is 2. The molecule has 45 heavy (non-hydrogen) atoms. The Labute approximate surface area is 258 Å². The first-order valence-corrected chi connectivity index (χ1v) is 14.1. The van der Waals surface area contributed by atoms with E-state index in [2.05, 4.69) is 42.6 Å². The maximum absolute atomic E-state index is 13.6. The molecule has 6 N–H and O–H groups in total. The lowest BCUT2D eigenvalue weighted by Crippen LogP contribution is -2.31. The number of hydrogen-bond donors (Lipinski definition) is 5. The Morgan fingerprint density at radius 2 is 1.93 bits per heavy atom. The molecule has 0 aliphatic heterocycles. The molecule has 1 aliphatic rings. The van der Waals surface area contributed by atoms with Crippen molar-refractivity contribution in [1.82, 2.24) is 35.5 Å². The van der Waals surface area contributed by atoms with Crippen LogP contribution in [0.2, 0.25) is 0 Å². The Kier molecular flexibility index (Phi) is 9.22. The van der Waals surface area contributed by atoms with Gasteiger partial charge in [0.15, 0.2) is 5.96 Å². The smallest absolute Gasteiger partial charge is 0.338 e. The van der Waals surface area contributed by atoms with Crippen LogP contribution in [0.25, 0.3) is 5.78 Å². The molecule has 0 unspecified atom stereocenters. The minimum absolute atomic E-state index is 0.0134. The van der Waals surface area contributed by atoms with Crippen LogP contribution in [0.4, 0.5) is 0 Å². The molecule has 4 aromatic rings. The Bertz CT molecular complexity index is 1830. The van der Waals surface area contributed by atoms with Crippen molar-refractivity contribution in [3.05, 3.63) is 106 Å². The van der Waals surface area contributed by atoms with Crippen LogP contribution in [0, 0.1) is 12.3 Å². The van der Waals surface area contributed by atoms with Gasteiger partial charge < -0.3 is 26.4 Å². The summed E-state index contributed by atoms with van der Waals surface area (Å²) in [5.74, 6) is -1.12. The van der Waals surface area contributed by atoms with Gasteiger partial charge >= 0.3 is 5.97 Å². The monoisotopic (exact) mass is 608 g/mol. The number of carbonyl (C=O) groups excluding carboxylic acids is 3. The maximum Gasteiger partial charge on any atom is 0.338 e. The normalized spacial score (nSPS) is 14.0. The van der Waals surface area contributed by atoms with E-state index in [1.165, 1.54) is 23.0 Å². The highest BCUT2D eigenvalue weighted by Crippen LogP contribution is 2.35. The van der Waals surface area contributed by atoms with Gasteiger partial charge in [-0.2, -0.15) is 14.6 Å². The average molecular weight is 609 g/mol. The van der Waals surface area contributed by atoms with Crippen molar-refractivity contribution in [1.29, 1.82) is 5.41 Å². The number of aromatic nitrogens is 4. The Morgan fingerprint density at radius 3 is 2.69 bits per heavy atom. The second kappa shape index (κ2) is 13.6. The van der Waals surface area contributed by atoms with Crippen molar-refractivity contribution in [3.63, 3.8) is 0 Å². The summed E-state index contributed by atoms with van der Waals surface area (Å²) in [5.41, 5.74) is 10.7. The molecule has 0 fully saturated rings. The number of rotatable bonds is 11. The van der Waals surface area contributed by atoms with Gasteiger partial charge in [0.1, 0.15) is 30.7 Å². The van der Waals surface area contributed by atoms with Crippen molar-refractivity contribution in [3.8, 4) is 0 Å². The first-order chi connectivity index (χ1) is 21.8. The average Bonchev–Trinajstić information content (AvgIpc) is 3.69. The summed E-state index contributed by atoms with van der Waals surface area (Å²) in [7, 11) is 0. The number of nitrogens with one attached hydrogen (secondary N) is 4. The van der Waals surface area contributed by atoms with E-state index >= 15 is 0 Å². The molecule has 2 aromatic heterocycles. The van der Waals surface area contributed by atoms with Crippen LogP contribution < -0.4 is 21.7 Å². The third-order valence-electron chi connectivity index (χ3n) is 7.39. The highest BCUT2D eigenvalue weighted by Gasteiger charge is 2.29. The van der Waals surface area contributed by atoms with Crippen molar-refractivity contribution in [2.75, 3.05) is 6.61 Å². The molecule has 1 aliphatic carbocycles. The summed E-state index contributed by atoms with van der Waals surface area (Å²) in [5, 5.41) is 19.9. The van der Waals surface area contributed by atoms with Crippen molar-refractivity contribution < 1.29 is 19.1 Å². The van der Waals surface area contributed by atoms with Gasteiger partial charge in [-0.15, -0.1) is 0 Å². The third-order valence-corrected chi connectivity index (χ3v) is 7.39. The van der Waals surface area contributed by atoms with E-state index in [1.807, 2.05) is 37.3 Å². The van der Waals surface area contributed by atoms with E-state index < -0.39 is 17.8 Å². The van der Waals surface area contributed by atoms with Gasteiger partial charge in [-0.1, -0.05) is 43.0 Å². The van der Waals surface area contributed by atoms with Gasteiger partial charge in [0.05, 0.1) is 11.6 Å². The lowest BCUT2D eigenvalue weighted by molar-refractivity contribution is 0.0548. The maximum atomic E-state index is 13.6. The van der Waals surface area contributed by atoms with Gasteiger partial charge in [-0.3, -0.25) is 15.0 Å². The number of esters is 1. The molecule has 0 radical (unpaired) electrons. The van der Waals surface area contributed by atoms with Gasteiger partial charge in [-0.25, -0.2) is 14.8 Å². The molecule has 0 bridgehead atoms. The van der Waals surface area contributed by atoms with E-state index in [4.69, 9.17) is 15.9 Å². The number of guanidine groups is 1. The molecule has 14 heteroatoms. The van der Waals surface area contributed by atoms with Crippen LogP contribution in [0.3, 0.4) is 0 Å². The number of fused-ring (bicyclic) bond motifs is 2. The Hall–Kier alpha value is -5.92. The fraction of sp³-hybridized carbons (Fsp3) is 0.226. The molecule has 14 nitrogen and oxygen atoms in total. The summed E-state index contributed by atoms with van der Waals surface area (Å²) < 4.78 is 6.49. The molecule has 230 valence electrons. The minimum Gasteiger partial charge on any atom is -0.458 e. The zero-order chi connectivity index (χ0) is 31.9. The van der Waals surface area contributed by atoms with E-state index in [1.54, 1.807) is 6.07 Å². The summed E-state index contributed by atoms with van der Waals surface area (Å²) in [6.45, 7) is 6.17. The lowest BCUT2D eigenvalue weighted by atomic mass is 9.98. The molecular weight excluding hydrogens is 576 g/mol. The fourth-order valence-corrected chi connectivity index (χ4v) is 5.22. The lowest BCUT2D eigenvalue weighted by Gasteiger charge is -2.16. The number of hydrogen-bond acceptors (Lipinski definition) is 8. The van der Waals surface area contributed by atoms with E-state index in [9.17, 15) is 14.4 Å². The van der Waals surface area contributed by atoms with Gasteiger partial charge in [0, 0.05) is 19.2 Å². The van der Waals surface area contributed by atoms with Gasteiger partial charge in [0.25, 0.3) is 17.6 Å². The zero-order valence-corrected chi connectivity index (χ0v) is 24.5. The molecule has 1 atom stereocenters. The quantitative estimate of drug-likeness (QED) is 0.0732. The largest absolute Gasteiger partial charge is 0.458 e. The van der Waals surface area contributed by atoms with Crippen LogP contribution in [0.15, 0.2) is 66.4 Å². The standard InChI is InChI=1S/C31H32N10O4/c1-3-11-45-29(44)22-7-8-23-21(18(22)2)9-10-24(23)39-28(43)26-13-25(40-31-37-17-38-41(26)31)27(42)34-14-19-5-4-6-20(12-19)15-35-30(33)36-16-32/h3-8,12-13,16-17,24H,1,9-11,14-15H2,2H3,(H,34,42)(H,39,43)(H4,32,33,35,36)/t24-/m0/s1. The van der Waals surface area contributed by atoms with Gasteiger partial charge in [-0.05, 0) is 53.6 Å². The molecular formula is C31H32N10O4. The summed E-state index contributed by atoms with van der Waals surface area (Å²) >= 11 is 0. The van der Waals surface area contributed by atoms with E-state index in [0.717, 1.165) is 34.2 Å². The predicted molar refractivity (Wildman–Crippen MR) is 166 cm³/mol. The molecule has 2 aromatic carbocycles. The number of carbonyl (C=O) groups is 3. The number of benzene rings is 2. The van der Waals surface area contributed by atoms with Crippen molar-refractivity contribution in [2.45, 2.75) is 38.9 Å². The molecule has 0 spiro atoms. The number of nitrogens with two attached hydrogens (primary N) is 1. The zero-order valence-electron chi connectivity index (χ0n) is 24.5. The van der Waals surface area contributed by atoms with Crippen LogP contribution >= 0.6 is 0 Å². The minimum atomic E-state index is -0.488. The number of nitrogens with zero attached hydrogens (tertiary/aromatic N) is 5. The number of ether oxygens (including phenoxy) is 1. The molecule has 2 heterocycles. The fourth-order valence-electron chi connectivity index (χ4n) is 5.22. The SMILES string of the molecule is C=CCOC(=O)c1ccc2c(c1C)CC[C@@H]2NC(=O)c1cc(C(=O)NCc2cccc(CN/C(N)=N/C=N)c2)nc2ncnn12. The Balaban J connectivity index is 1.29. The topological polar surface area (TPSA) is 202 Å². The summed E-state index contributed by atoms with van der Waals surface area (Å²) in [4.78, 5) is 51.2. The van der Waals surface area contributed by atoms with Crippen LogP contribution in [-0.2, 0) is 24.2 Å². The highest BCUT2D eigenvalue weighted by molar-refractivity contribution is 5.98. The predicted octanol–water partition coefficient (Wildman–Crippen LogP) is 2.13. The van der Waals surface area contributed by atoms with Crippen LogP contribution in [0.5, 0.6) is 0 Å². The van der Waals surface area contributed by atoms with Crippen LogP contribution in [-0.4, -0.2) is 56.3 Å². The first-order valence-electron chi connectivity index (χ1n) is 14.1. The van der Waals surface area contributed by atoms with E-state index in [0.29, 0.717) is 24.9 Å². The first kappa shape index (κ1) is 30.5. The summed E-state index contributed by atoms with van der Waals surface area (Å²) in [6.07, 6.45) is 4.95. The Morgan fingerprint density at radius 1 is 1.16 bits per heavy atom. The van der Waals surface area contributed by atoms with Crippen LogP contribution in [0.1, 0.15) is 71.6 Å². The summed E-state index contributed by atoms with van der Waals surface area (Å²) in [6, 6.07) is 12.1. The van der Waals surface area contributed by atoms with E-state index in [-0.39, 0.29) is 42.3 Å². The highest BCUT2D eigenvalue weighted by atomic mass is 16.5. The van der Waals surface area contributed by atoms with Gasteiger partial charge in [0.2, 0.25) is 0 Å². The number of aliphatic imine (C=N–C) groups is 1. The molecule has 5 rings (SSSR count). The van der Waals surface area contributed by atoms with Crippen molar-refractivity contribution in [2.24, 2.45) is 10.7 Å². The third kappa shape index (κ3) is 6.85.